The lowest BCUT2D eigenvalue weighted by molar-refractivity contribution is 0.471. The Morgan fingerprint density at radius 1 is 0.354 bits per heavy atom. The van der Waals surface area contributed by atoms with E-state index in [1.807, 2.05) is 36.4 Å². The number of fused-ring (bicyclic) bond motifs is 6. The van der Waals surface area contributed by atoms with Crippen molar-refractivity contribution in [1.82, 2.24) is 0 Å². The first kappa shape index (κ1) is 28.4. The summed E-state index contributed by atoms with van der Waals surface area (Å²) in [4.78, 5) is 0. The van der Waals surface area contributed by atoms with Crippen LogP contribution >= 0.6 is 0 Å². The molecule has 0 spiro atoms. The molecular formula is C46H34O2. The average Bonchev–Trinajstić information content (AvgIpc) is 3.71. The molecule has 2 aliphatic rings. The maximum Gasteiger partial charge on any atom is 0.135 e. The van der Waals surface area contributed by atoms with Crippen LogP contribution in [-0.2, 0) is 12.8 Å². The van der Waals surface area contributed by atoms with Crippen molar-refractivity contribution in [2.24, 2.45) is 0 Å². The predicted molar refractivity (Wildman–Crippen MR) is 196 cm³/mol. The normalized spacial score (nSPS) is 12.2. The molecule has 0 saturated carbocycles. The van der Waals surface area contributed by atoms with Gasteiger partial charge in [-0.15, -0.1) is 0 Å². The number of benzene rings is 7. The standard InChI is InChI=1S/C46H34O2/c1-29-19-25-37(41-27-31-11-3-5-13-35(31)45(29)41)39-15-7-9-17-43(39)47-33-21-23-34(24-22-33)48-44-18-10-8-16-40(44)38-26-20-30(2)46-36-14-6-4-12-32(36)28-42(38)46/h3-26H,27-28H2,1-2H3. The molecule has 0 amide bonds. The minimum atomic E-state index is 0.768. The molecule has 0 aromatic heterocycles. The predicted octanol–water partition coefficient (Wildman–Crippen LogP) is 12.4. The molecule has 230 valence electrons. The maximum absolute atomic E-state index is 6.57. The van der Waals surface area contributed by atoms with Crippen molar-refractivity contribution in [3.8, 4) is 67.5 Å². The smallest absolute Gasteiger partial charge is 0.135 e. The molecular weight excluding hydrogens is 585 g/mol. The minimum Gasteiger partial charge on any atom is -0.457 e. The van der Waals surface area contributed by atoms with Gasteiger partial charge in [0.05, 0.1) is 0 Å². The summed E-state index contributed by atoms with van der Waals surface area (Å²) in [5.41, 5.74) is 18.2. The van der Waals surface area contributed by atoms with Crippen molar-refractivity contribution >= 4 is 0 Å². The van der Waals surface area contributed by atoms with E-state index in [4.69, 9.17) is 9.47 Å². The minimum absolute atomic E-state index is 0.768. The molecule has 0 radical (unpaired) electrons. The van der Waals surface area contributed by atoms with Crippen LogP contribution in [0.4, 0.5) is 0 Å². The van der Waals surface area contributed by atoms with Crippen molar-refractivity contribution in [1.29, 1.82) is 0 Å². The summed E-state index contributed by atoms with van der Waals surface area (Å²) in [6.45, 7) is 4.42. The van der Waals surface area contributed by atoms with Gasteiger partial charge in [-0.05, 0) is 130 Å². The summed E-state index contributed by atoms with van der Waals surface area (Å²) in [5.74, 6) is 3.22. The molecule has 7 aromatic rings. The third kappa shape index (κ3) is 4.72. The highest BCUT2D eigenvalue weighted by molar-refractivity contribution is 5.89. The first-order valence-corrected chi connectivity index (χ1v) is 16.7. The average molecular weight is 619 g/mol. The molecule has 2 heteroatoms. The molecule has 0 heterocycles. The van der Waals surface area contributed by atoms with Gasteiger partial charge in [0, 0.05) is 11.1 Å². The Bertz CT molecular complexity index is 2200. The fourth-order valence-electron chi connectivity index (χ4n) is 7.76. The van der Waals surface area contributed by atoms with Crippen LogP contribution in [0.5, 0.6) is 23.0 Å². The van der Waals surface area contributed by atoms with Gasteiger partial charge in [0.2, 0.25) is 0 Å². The monoisotopic (exact) mass is 618 g/mol. The van der Waals surface area contributed by atoms with Crippen LogP contribution in [0.2, 0.25) is 0 Å². The highest BCUT2D eigenvalue weighted by atomic mass is 16.5. The van der Waals surface area contributed by atoms with Gasteiger partial charge in [-0.1, -0.05) is 109 Å². The van der Waals surface area contributed by atoms with Gasteiger partial charge in [0.15, 0.2) is 0 Å². The van der Waals surface area contributed by atoms with Crippen LogP contribution in [0.1, 0.15) is 33.4 Å². The molecule has 0 saturated heterocycles. The number of hydrogen-bond acceptors (Lipinski definition) is 2. The number of ether oxygens (including phenoxy) is 2. The molecule has 9 rings (SSSR count). The van der Waals surface area contributed by atoms with Gasteiger partial charge >= 0.3 is 0 Å². The third-order valence-electron chi connectivity index (χ3n) is 9.98. The Morgan fingerprint density at radius 3 is 1.17 bits per heavy atom. The Labute approximate surface area is 281 Å². The van der Waals surface area contributed by atoms with Crippen LogP contribution in [0.3, 0.4) is 0 Å². The molecule has 48 heavy (non-hydrogen) atoms. The molecule has 0 unspecified atom stereocenters. The fraction of sp³-hybridized carbons (Fsp3) is 0.0870. The van der Waals surface area contributed by atoms with Gasteiger partial charge in [0.25, 0.3) is 0 Å². The maximum atomic E-state index is 6.57. The van der Waals surface area contributed by atoms with Crippen LogP contribution in [0.15, 0.2) is 146 Å². The first-order valence-electron chi connectivity index (χ1n) is 16.7. The van der Waals surface area contributed by atoms with Gasteiger partial charge in [-0.3, -0.25) is 0 Å². The zero-order valence-corrected chi connectivity index (χ0v) is 27.1. The summed E-state index contributed by atoms with van der Waals surface area (Å²) >= 11 is 0. The number of para-hydroxylation sites is 2. The zero-order chi connectivity index (χ0) is 32.2. The van der Waals surface area contributed by atoms with Crippen LogP contribution in [0, 0.1) is 13.8 Å². The van der Waals surface area contributed by atoms with E-state index >= 15 is 0 Å². The molecule has 0 atom stereocenters. The van der Waals surface area contributed by atoms with Crippen LogP contribution < -0.4 is 9.47 Å². The van der Waals surface area contributed by atoms with E-state index in [0.29, 0.717) is 0 Å². The summed E-state index contributed by atoms with van der Waals surface area (Å²) in [7, 11) is 0. The number of hydrogen-bond donors (Lipinski definition) is 0. The van der Waals surface area contributed by atoms with E-state index in [1.54, 1.807) is 0 Å². The van der Waals surface area contributed by atoms with Crippen LogP contribution in [-0.4, -0.2) is 0 Å². The van der Waals surface area contributed by atoms with E-state index in [1.165, 1.54) is 66.8 Å². The quantitative estimate of drug-likeness (QED) is 0.185. The van der Waals surface area contributed by atoms with Gasteiger partial charge < -0.3 is 9.47 Å². The largest absolute Gasteiger partial charge is 0.457 e. The second kappa shape index (κ2) is 11.4. The zero-order valence-electron chi connectivity index (χ0n) is 27.1. The molecule has 0 bridgehead atoms. The second-order valence-electron chi connectivity index (χ2n) is 12.9. The summed E-state index contributed by atoms with van der Waals surface area (Å²) in [6.07, 6.45) is 1.87. The topological polar surface area (TPSA) is 18.5 Å². The summed E-state index contributed by atoms with van der Waals surface area (Å²) < 4.78 is 13.1. The third-order valence-corrected chi connectivity index (χ3v) is 9.98. The van der Waals surface area contributed by atoms with Gasteiger partial charge in [-0.2, -0.15) is 0 Å². The summed E-state index contributed by atoms with van der Waals surface area (Å²) in [5, 5.41) is 0. The van der Waals surface area contributed by atoms with Crippen molar-refractivity contribution in [3.05, 3.63) is 179 Å². The van der Waals surface area contributed by atoms with Crippen molar-refractivity contribution in [3.63, 3.8) is 0 Å². The second-order valence-corrected chi connectivity index (χ2v) is 12.9. The van der Waals surface area contributed by atoms with Crippen LogP contribution in [0.25, 0.3) is 44.5 Å². The Hall–Kier alpha value is -5.86. The van der Waals surface area contributed by atoms with E-state index in [9.17, 15) is 0 Å². The fourth-order valence-corrected chi connectivity index (χ4v) is 7.76. The Kier molecular flexibility index (Phi) is 6.76. The number of aryl methyl sites for hydroxylation is 2. The van der Waals surface area contributed by atoms with Gasteiger partial charge in [0.1, 0.15) is 23.0 Å². The Morgan fingerprint density at radius 2 is 0.729 bits per heavy atom. The highest BCUT2D eigenvalue weighted by Crippen LogP contribution is 2.47. The molecule has 0 N–H and O–H groups in total. The summed E-state index contributed by atoms with van der Waals surface area (Å²) in [6, 6.07) is 51.2. The lowest BCUT2D eigenvalue weighted by atomic mass is 9.92. The first-order chi connectivity index (χ1) is 23.6. The van der Waals surface area contributed by atoms with Crippen molar-refractivity contribution in [2.45, 2.75) is 26.7 Å². The molecule has 0 aliphatic heterocycles. The van der Waals surface area contributed by atoms with E-state index < -0.39 is 0 Å². The van der Waals surface area contributed by atoms with Crippen molar-refractivity contribution in [2.75, 3.05) is 0 Å². The lowest BCUT2D eigenvalue weighted by Crippen LogP contribution is -1.94. The number of rotatable bonds is 6. The lowest BCUT2D eigenvalue weighted by Gasteiger charge is -2.17. The molecule has 2 aliphatic carbocycles. The van der Waals surface area contributed by atoms with E-state index in [0.717, 1.165) is 47.0 Å². The molecule has 7 aromatic carbocycles. The highest BCUT2D eigenvalue weighted by Gasteiger charge is 2.26. The van der Waals surface area contributed by atoms with Gasteiger partial charge in [-0.25, -0.2) is 0 Å². The van der Waals surface area contributed by atoms with E-state index in [-0.39, 0.29) is 0 Å². The molecule has 2 nitrogen and oxygen atoms in total. The van der Waals surface area contributed by atoms with E-state index in [2.05, 4.69) is 123 Å². The molecule has 0 fully saturated rings. The SMILES string of the molecule is Cc1ccc(-c2ccccc2Oc2ccc(Oc3ccccc3-c3ccc(C)c4c3Cc3ccccc3-4)cc2)c2c1-c1ccccc1C2. The Balaban J connectivity index is 0.998. The van der Waals surface area contributed by atoms with Crippen molar-refractivity contribution < 1.29 is 9.47 Å².